The summed E-state index contributed by atoms with van der Waals surface area (Å²) in [7, 11) is 2.09. The van der Waals surface area contributed by atoms with Crippen LogP contribution in [0, 0.1) is 0 Å². The quantitative estimate of drug-likeness (QED) is 0.574. The lowest BCUT2D eigenvalue weighted by molar-refractivity contribution is -0.0510. The number of nitrogens with zero attached hydrogens (tertiary/aromatic N) is 5. The van der Waals surface area contributed by atoms with Crippen molar-refractivity contribution >= 4 is 10.9 Å². The highest BCUT2D eigenvalue weighted by molar-refractivity contribution is 5.84. The highest BCUT2D eigenvalue weighted by Crippen LogP contribution is 2.31. The third-order valence-electron chi connectivity index (χ3n) is 5.76. The normalized spacial score (nSPS) is 22.4. The smallest absolute Gasteiger partial charge is 0.217 e. The summed E-state index contributed by atoms with van der Waals surface area (Å²) < 4.78 is 10.3. The third-order valence-corrected chi connectivity index (χ3v) is 5.76. The Morgan fingerprint density at radius 1 is 1.17 bits per heavy atom. The molecule has 1 saturated heterocycles. The zero-order chi connectivity index (χ0) is 20.0. The molecule has 2 atom stereocenters. The Balaban J connectivity index is 1.57. The van der Waals surface area contributed by atoms with E-state index in [0.717, 1.165) is 25.1 Å². The van der Waals surface area contributed by atoms with Gasteiger partial charge in [-0.2, -0.15) is 0 Å². The van der Waals surface area contributed by atoms with Gasteiger partial charge in [0.2, 0.25) is 5.82 Å². The van der Waals surface area contributed by atoms with Crippen LogP contribution in [0.4, 0.5) is 0 Å². The van der Waals surface area contributed by atoms with Crippen LogP contribution in [-0.4, -0.2) is 41.5 Å². The van der Waals surface area contributed by atoms with Crippen molar-refractivity contribution in [1.82, 2.24) is 29.3 Å². The Hall–Kier alpha value is -2.93. The minimum atomic E-state index is 0.213. The van der Waals surface area contributed by atoms with Crippen molar-refractivity contribution in [2.24, 2.45) is 7.05 Å². The molecule has 0 amide bonds. The van der Waals surface area contributed by atoms with Crippen molar-refractivity contribution in [3.8, 4) is 11.6 Å². The summed E-state index contributed by atoms with van der Waals surface area (Å²) in [6.07, 6.45) is 8.77. The first kappa shape index (κ1) is 18.1. The summed E-state index contributed by atoms with van der Waals surface area (Å²) >= 11 is 0. The molecule has 0 aliphatic carbocycles. The van der Waals surface area contributed by atoms with Crippen molar-refractivity contribution in [3.63, 3.8) is 0 Å². The van der Waals surface area contributed by atoms with Gasteiger partial charge in [-0.3, -0.25) is 0 Å². The number of H-pyrrole nitrogens is 1. The lowest BCUT2D eigenvalue weighted by Gasteiger charge is -2.32. The predicted octanol–water partition coefficient (Wildman–Crippen LogP) is 3.88. The fraction of sp³-hybridized carbons (Fsp3) is 0.409. The Morgan fingerprint density at radius 2 is 1.97 bits per heavy atom. The van der Waals surface area contributed by atoms with Gasteiger partial charge >= 0.3 is 0 Å². The van der Waals surface area contributed by atoms with Crippen LogP contribution in [0.3, 0.4) is 0 Å². The summed E-state index contributed by atoms with van der Waals surface area (Å²) in [5.41, 5.74) is 2.49. The predicted molar refractivity (Wildman–Crippen MR) is 112 cm³/mol. The van der Waals surface area contributed by atoms with Crippen molar-refractivity contribution in [1.29, 1.82) is 0 Å². The molecule has 5 rings (SSSR count). The van der Waals surface area contributed by atoms with Crippen LogP contribution in [0.5, 0.6) is 0 Å². The van der Waals surface area contributed by atoms with Crippen LogP contribution in [-0.2, 0) is 18.2 Å². The minimum absolute atomic E-state index is 0.213. The number of hydrogen-bond donors (Lipinski definition) is 1. The molecule has 1 aliphatic rings. The van der Waals surface area contributed by atoms with Gasteiger partial charge in [-0.05, 0) is 38.3 Å². The van der Waals surface area contributed by atoms with E-state index < -0.39 is 0 Å². The van der Waals surface area contributed by atoms with E-state index in [-0.39, 0.29) is 18.2 Å². The molecule has 1 fully saturated rings. The Bertz CT molecular complexity index is 1120. The molecular weight excluding hydrogens is 364 g/mol. The number of para-hydroxylation sites is 1. The van der Waals surface area contributed by atoms with Gasteiger partial charge in [0.05, 0.1) is 18.2 Å². The zero-order valence-electron chi connectivity index (χ0n) is 17.0. The van der Waals surface area contributed by atoms with E-state index in [0.29, 0.717) is 11.6 Å². The molecule has 7 nitrogen and oxygen atoms in total. The van der Waals surface area contributed by atoms with Crippen LogP contribution >= 0.6 is 0 Å². The first-order valence-corrected chi connectivity index (χ1v) is 10.2. The Morgan fingerprint density at radius 3 is 2.72 bits per heavy atom. The van der Waals surface area contributed by atoms with Gasteiger partial charge in [0, 0.05) is 43.0 Å². The third kappa shape index (κ3) is 3.35. The number of aromatic nitrogens is 6. The number of rotatable bonds is 4. The number of benzene rings is 1. The second-order valence-corrected chi connectivity index (χ2v) is 8.08. The number of fused-ring (bicyclic) bond motifs is 1. The Kier molecular flexibility index (Phi) is 4.47. The molecule has 150 valence electrons. The maximum absolute atomic E-state index is 5.95. The molecule has 3 aromatic heterocycles. The van der Waals surface area contributed by atoms with E-state index >= 15 is 0 Å². The van der Waals surface area contributed by atoms with Crippen LogP contribution in [0.1, 0.15) is 44.1 Å². The monoisotopic (exact) mass is 390 g/mol. The summed E-state index contributed by atoms with van der Waals surface area (Å²) in [5.74, 6) is 2.33. The number of imidazole rings is 1. The second kappa shape index (κ2) is 7.15. The summed E-state index contributed by atoms with van der Waals surface area (Å²) in [5, 5.41) is 6.14. The molecular formula is C22H26N6O. The highest BCUT2D eigenvalue weighted by atomic mass is 16.5. The standard InChI is InChI=1S/C22H26N6O/c1-14-10-17(11-15(2)29-14)28-20(25-22(26-28)21-23-8-9-24-21)12-16-13-27(3)19-7-5-4-6-18(16)19/h4-9,13-15,17H,10-12H2,1-3H3,(H,23,24). The number of aryl methyl sites for hydroxylation is 1. The second-order valence-electron chi connectivity index (χ2n) is 8.08. The number of nitrogens with one attached hydrogen (secondary N) is 1. The SMILES string of the molecule is CC1CC(n2nc(-c3ncc[nH]3)nc2Cc2cn(C)c3ccccc23)CC(C)O1. The van der Waals surface area contributed by atoms with E-state index in [4.69, 9.17) is 14.8 Å². The molecule has 0 bridgehead atoms. The van der Waals surface area contributed by atoms with Gasteiger partial charge in [0.1, 0.15) is 5.82 Å². The van der Waals surface area contributed by atoms with Crippen molar-refractivity contribution in [3.05, 3.63) is 54.2 Å². The molecule has 4 heterocycles. The molecule has 4 aromatic rings. The first-order chi connectivity index (χ1) is 14.1. The lowest BCUT2D eigenvalue weighted by Crippen LogP contribution is -2.32. The van der Waals surface area contributed by atoms with Gasteiger partial charge in [-0.25, -0.2) is 14.6 Å². The van der Waals surface area contributed by atoms with Gasteiger partial charge < -0.3 is 14.3 Å². The van der Waals surface area contributed by atoms with E-state index in [1.165, 1.54) is 16.5 Å². The molecule has 1 aromatic carbocycles. The van der Waals surface area contributed by atoms with E-state index in [9.17, 15) is 0 Å². The van der Waals surface area contributed by atoms with Gasteiger partial charge in [-0.15, -0.1) is 5.10 Å². The molecule has 0 spiro atoms. The molecule has 7 heteroatoms. The molecule has 0 saturated carbocycles. The average Bonchev–Trinajstić information content (AvgIpc) is 3.42. The number of ether oxygens (including phenoxy) is 1. The van der Waals surface area contributed by atoms with Crippen LogP contribution in [0.2, 0.25) is 0 Å². The largest absolute Gasteiger partial charge is 0.375 e. The average molecular weight is 390 g/mol. The molecule has 29 heavy (non-hydrogen) atoms. The number of aromatic amines is 1. The van der Waals surface area contributed by atoms with Crippen molar-refractivity contribution in [2.75, 3.05) is 0 Å². The molecule has 2 unspecified atom stereocenters. The van der Waals surface area contributed by atoms with Crippen LogP contribution < -0.4 is 0 Å². The maximum Gasteiger partial charge on any atom is 0.217 e. The van der Waals surface area contributed by atoms with Gasteiger partial charge in [0.15, 0.2) is 5.82 Å². The van der Waals surface area contributed by atoms with E-state index in [2.05, 4.69) is 70.6 Å². The molecule has 1 N–H and O–H groups in total. The van der Waals surface area contributed by atoms with Crippen molar-refractivity contribution in [2.45, 2.75) is 51.4 Å². The van der Waals surface area contributed by atoms with Gasteiger partial charge in [0.25, 0.3) is 0 Å². The molecule has 0 radical (unpaired) electrons. The van der Waals surface area contributed by atoms with E-state index in [1.807, 2.05) is 0 Å². The first-order valence-electron chi connectivity index (χ1n) is 10.2. The van der Waals surface area contributed by atoms with Crippen molar-refractivity contribution < 1.29 is 4.74 Å². The van der Waals surface area contributed by atoms with Crippen LogP contribution in [0.25, 0.3) is 22.6 Å². The fourth-order valence-corrected chi connectivity index (χ4v) is 4.56. The van der Waals surface area contributed by atoms with Crippen LogP contribution in [0.15, 0.2) is 42.9 Å². The van der Waals surface area contributed by atoms with Gasteiger partial charge in [-0.1, -0.05) is 18.2 Å². The zero-order valence-corrected chi connectivity index (χ0v) is 17.0. The molecule has 1 aliphatic heterocycles. The van der Waals surface area contributed by atoms with E-state index in [1.54, 1.807) is 12.4 Å². The highest BCUT2D eigenvalue weighted by Gasteiger charge is 2.29. The lowest BCUT2D eigenvalue weighted by atomic mass is 9.99. The fourth-order valence-electron chi connectivity index (χ4n) is 4.56. The minimum Gasteiger partial charge on any atom is -0.375 e. The Labute approximate surface area is 169 Å². The topological polar surface area (TPSA) is 73.5 Å². The summed E-state index contributed by atoms with van der Waals surface area (Å²) in [6, 6.07) is 8.77. The number of hydrogen-bond acceptors (Lipinski definition) is 4. The summed E-state index contributed by atoms with van der Waals surface area (Å²) in [4.78, 5) is 12.4. The summed E-state index contributed by atoms with van der Waals surface area (Å²) in [6.45, 7) is 4.27. The maximum atomic E-state index is 5.95.